The molecule has 3 unspecified atom stereocenters. The number of rotatable bonds is 5. The molecular weight excluding hydrogens is 198 g/mol. The molecular formula is C14H25NO. The molecule has 0 amide bonds. The molecule has 0 radical (unpaired) electrons. The van der Waals surface area contributed by atoms with Gasteiger partial charge in [-0.05, 0) is 44.6 Å². The second-order valence-electron chi connectivity index (χ2n) is 5.42. The molecule has 92 valence electrons. The van der Waals surface area contributed by atoms with Gasteiger partial charge in [0.05, 0.1) is 6.10 Å². The number of likely N-dealkylation sites (tertiary alicyclic amines) is 1. The van der Waals surface area contributed by atoms with E-state index in [0.29, 0.717) is 0 Å². The van der Waals surface area contributed by atoms with Gasteiger partial charge in [0.1, 0.15) is 0 Å². The smallest absolute Gasteiger partial charge is 0.0670 e. The van der Waals surface area contributed by atoms with Crippen LogP contribution in [0.2, 0.25) is 0 Å². The zero-order valence-electron chi connectivity index (χ0n) is 10.3. The molecule has 2 heteroatoms. The first-order valence-corrected chi connectivity index (χ1v) is 6.84. The van der Waals surface area contributed by atoms with Crippen molar-refractivity contribution < 1.29 is 5.11 Å². The van der Waals surface area contributed by atoms with Crippen molar-refractivity contribution >= 4 is 0 Å². The average molecular weight is 223 g/mol. The summed E-state index contributed by atoms with van der Waals surface area (Å²) in [5.74, 6) is 0.931. The minimum Gasteiger partial charge on any atom is -0.392 e. The van der Waals surface area contributed by atoms with E-state index >= 15 is 0 Å². The molecule has 1 heterocycles. The summed E-state index contributed by atoms with van der Waals surface area (Å²) in [7, 11) is 0. The van der Waals surface area contributed by atoms with E-state index in [1.54, 1.807) is 0 Å². The maximum atomic E-state index is 9.94. The lowest BCUT2D eigenvalue weighted by molar-refractivity contribution is 0.0845. The van der Waals surface area contributed by atoms with Crippen LogP contribution in [0.1, 0.15) is 44.9 Å². The molecule has 0 aromatic rings. The molecule has 1 aliphatic heterocycles. The predicted octanol–water partition coefficient (Wildman–Crippen LogP) is 2.58. The van der Waals surface area contributed by atoms with E-state index in [9.17, 15) is 5.11 Å². The summed E-state index contributed by atoms with van der Waals surface area (Å²) < 4.78 is 0. The van der Waals surface area contributed by atoms with Crippen LogP contribution in [0.15, 0.2) is 12.7 Å². The Bertz CT molecular complexity index is 229. The fraction of sp³-hybridized carbons (Fsp3) is 0.857. The molecule has 0 bridgehead atoms. The highest BCUT2D eigenvalue weighted by molar-refractivity contribution is 4.90. The molecule has 1 saturated heterocycles. The minimum absolute atomic E-state index is 0.154. The Labute approximate surface area is 99.3 Å². The lowest BCUT2D eigenvalue weighted by Crippen LogP contribution is -2.39. The van der Waals surface area contributed by atoms with E-state index in [1.807, 2.05) is 6.08 Å². The van der Waals surface area contributed by atoms with Gasteiger partial charge in [0.25, 0.3) is 0 Å². The highest BCUT2D eigenvalue weighted by atomic mass is 16.3. The van der Waals surface area contributed by atoms with Crippen molar-refractivity contribution in [1.29, 1.82) is 0 Å². The van der Waals surface area contributed by atoms with Gasteiger partial charge in [-0.25, -0.2) is 0 Å². The van der Waals surface area contributed by atoms with Crippen LogP contribution in [0.5, 0.6) is 0 Å². The van der Waals surface area contributed by atoms with Gasteiger partial charge in [-0.15, -0.1) is 6.58 Å². The average Bonchev–Trinajstić information content (AvgIpc) is 2.70. The number of nitrogens with zero attached hydrogens (tertiary/aromatic N) is 1. The SMILES string of the molecule is C=CCCC(O)CN1CCC2CCCCC21. The summed E-state index contributed by atoms with van der Waals surface area (Å²) in [4.78, 5) is 2.54. The summed E-state index contributed by atoms with van der Waals surface area (Å²) in [6, 6.07) is 0.784. The number of hydrogen-bond donors (Lipinski definition) is 1. The van der Waals surface area contributed by atoms with E-state index in [2.05, 4.69) is 11.5 Å². The summed E-state index contributed by atoms with van der Waals surface area (Å²) in [5, 5.41) is 9.94. The summed E-state index contributed by atoms with van der Waals surface area (Å²) in [6.45, 7) is 5.80. The van der Waals surface area contributed by atoms with Gasteiger partial charge in [0, 0.05) is 12.6 Å². The molecule has 2 nitrogen and oxygen atoms in total. The maximum Gasteiger partial charge on any atom is 0.0670 e. The van der Waals surface area contributed by atoms with Crippen LogP contribution in [0.3, 0.4) is 0 Å². The normalized spacial score (nSPS) is 32.3. The summed E-state index contributed by atoms with van der Waals surface area (Å²) >= 11 is 0. The number of β-amino-alcohol motifs (C(OH)–C–C–N with tert-alkyl or cyclic N) is 1. The van der Waals surface area contributed by atoms with Gasteiger partial charge in [0.2, 0.25) is 0 Å². The molecule has 2 aliphatic rings. The first kappa shape index (κ1) is 12.1. The van der Waals surface area contributed by atoms with Crippen LogP contribution in [-0.2, 0) is 0 Å². The molecule has 3 atom stereocenters. The van der Waals surface area contributed by atoms with Crippen LogP contribution >= 0.6 is 0 Å². The first-order chi connectivity index (χ1) is 7.81. The van der Waals surface area contributed by atoms with E-state index in [-0.39, 0.29) is 6.10 Å². The minimum atomic E-state index is -0.154. The van der Waals surface area contributed by atoms with E-state index in [0.717, 1.165) is 31.3 Å². The molecule has 1 N–H and O–H groups in total. The molecule has 1 aliphatic carbocycles. The van der Waals surface area contributed by atoms with Gasteiger partial charge in [-0.2, -0.15) is 0 Å². The van der Waals surface area contributed by atoms with Crippen LogP contribution in [0.4, 0.5) is 0 Å². The maximum absolute atomic E-state index is 9.94. The van der Waals surface area contributed by atoms with Crippen LogP contribution in [0.25, 0.3) is 0 Å². The molecule has 2 fully saturated rings. The monoisotopic (exact) mass is 223 g/mol. The molecule has 0 spiro atoms. The fourth-order valence-corrected chi connectivity index (χ4v) is 3.40. The zero-order valence-corrected chi connectivity index (χ0v) is 10.3. The lowest BCUT2D eigenvalue weighted by atomic mass is 9.85. The molecule has 0 aromatic carbocycles. The second-order valence-corrected chi connectivity index (χ2v) is 5.42. The number of allylic oxidation sites excluding steroid dienone is 1. The Balaban J connectivity index is 1.78. The van der Waals surface area contributed by atoms with E-state index in [4.69, 9.17) is 0 Å². The van der Waals surface area contributed by atoms with Gasteiger partial charge in [0.15, 0.2) is 0 Å². The third-order valence-corrected chi connectivity index (χ3v) is 4.27. The number of fused-ring (bicyclic) bond motifs is 1. The van der Waals surface area contributed by atoms with Gasteiger partial charge in [-0.3, -0.25) is 4.90 Å². The predicted molar refractivity (Wildman–Crippen MR) is 67.4 cm³/mol. The zero-order chi connectivity index (χ0) is 11.4. The van der Waals surface area contributed by atoms with Crippen molar-refractivity contribution in [3.05, 3.63) is 12.7 Å². The van der Waals surface area contributed by atoms with Gasteiger partial charge < -0.3 is 5.11 Å². The molecule has 0 aromatic heterocycles. The Hall–Kier alpha value is -0.340. The Morgan fingerprint density at radius 2 is 2.12 bits per heavy atom. The van der Waals surface area contributed by atoms with Crippen molar-refractivity contribution in [2.75, 3.05) is 13.1 Å². The van der Waals surface area contributed by atoms with E-state index in [1.165, 1.54) is 38.6 Å². The number of aliphatic hydroxyl groups is 1. The van der Waals surface area contributed by atoms with Crippen LogP contribution < -0.4 is 0 Å². The van der Waals surface area contributed by atoms with Crippen molar-refractivity contribution in [2.24, 2.45) is 5.92 Å². The number of aliphatic hydroxyl groups excluding tert-OH is 1. The Morgan fingerprint density at radius 1 is 1.31 bits per heavy atom. The molecule has 2 rings (SSSR count). The van der Waals surface area contributed by atoms with Crippen LogP contribution in [-0.4, -0.2) is 35.2 Å². The third-order valence-electron chi connectivity index (χ3n) is 4.27. The van der Waals surface area contributed by atoms with Crippen molar-refractivity contribution in [1.82, 2.24) is 4.90 Å². The topological polar surface area (TPSA) is 23.5 Å². The number of hydrogen-bond acceptors (Lipinski definition) is 2. The van der Waals surface area contributed by atoms with Gasteiger partial charge in [-0.1, -0.05) is 18.9 Å². The Morgan fingerprint density at radius 3 is 2.94 bits per heavy atom. The lowest BCUT2D eigenvalue weighted by Gasteiger charge is -2.32. The Kier molecular flexibility index (Phi) is 4.42. The summed E-state index contributed by atoms with van der Waals surface area (Å²) in [6.07, 6.45) is 10.5. The van der Waals surface area contributed by atoms with Gasteiger partial charge >= 0.3 is 0 Å². The van der Waals surface area contributed by atoms with Crippen molar-refractivity contribution in [3.63, 3.8) is 0 Å². The van der Waals surface area contributed by atoms with Crippen molar-refractivity contribution in [2.45, 2.75) is 57.1 Å². The highest BCUT2D eigenvalue weighted by Crippen LogP contribution is 2.36. The van der Waals surface area contributed by atoms with E-state index < -0.39 is 0 Å². The van der Waals surface area contributed by atoms with Crippen molar-refractivity contribution in [3.8, 4) is 0 Å². The third kappa shape index (κ3) is 2.86. The first-order valence-electron chi connectivity index (χ1n) is 6.84. The highest BCUT2D eigenvalue weighted by Gasteiger charge is 2.35. The standard InChI is InChI=1S/C14H25NO/c1-2-3-7-13(16)11-15-10-9-12-6-4-5-8-14(12)15/h2,12-14,16H,1,3-11H2. The quantitative estimate of drug-likeness (QED) is 0.724. The van der Waals surface area contributed by atoms with Crippen LogP contribution in [0, 0.1) is 5.92 Å². The molecule has 16 heavy (non-hydrogen) atoms. The second kappa shape index (κ2) is 5.83. The largest absolute Gasteiger partial charge is 0.392 e. The summed E-state index contributed by atoms with van der Waals surface area (Å²) in [5.41, 5.74) is 0. The molecule has 1 saturated carbocycles. The fourth-order valence-electron chi connectivity index (χ4n) is 3.40.